The van der Waals surface area contributed by atoms with E-state index in [0.717, 1.165) is 6.61 Å². The maximum Gasteiger partial charge on any atom is 0.275 e. The molecular formula is C7H14O5. The molecule has 1 saturated heterocycles. The van der Waals surface area contributed by atoms with Gasteiger partial charge in [0, 0.05) is 13.0 Å². The van der Waals surface area contributed by atoms with Crippen LogP contribution in [-0.2, 0) is 9.47 Å². The SMILES string of the molecule is OC(O)(O)CCCOCC1CO1. The fraction of sp³-hybridized carbons (Fsp3) is 1.00. The van der Waals surface area contributed by atoms with E-state index in [1.807, 2.05) is 0 Å². The molecule has 0 amide bonds. The summed E-state index contributed by atoms with van der Waals surface area (Å²) in [7, 11) is 0. The van der Waals surface area contributed by atoms with Crippen molar-refractivity contribution >= 4 is 0 Å². The zero-order valence-corrected chi connectivity index (χ0v) is 6.77. The molecular weight excluding hydrogens is 164 g/mol. The minimum Gasteiger partial charge on any atom is -0.379 e. The summed E-state index contributed by atoms with van der Waals surface area (Å²) in [5.74, 6) is -2.56. The van der Waals surface area contributed by atoms with E-state index < -0.39 is 5.97 Å². The Kier molecular flexibility index (Phi) is 3.42. The Labute approximate surface area is 70.5 Å². The largest absolute Gasteiger partial charge is 0.379 e. The monoisotopic (exact) mass is 178 g/mol. The van der Waals surface area contributed by atoms with Crippen molar-refractivity contribution in [3.8, 4) is 0 Å². The van der Waals surface area contributed by atoms with Crippen molar-refractivity contribution < 1.29 is 24.8 Å². The molecule has 0 aliphatic carbocycles. The smallest absolute Gasteiger partial charge is 0.275 e. The molecule has 12 heavy (non-hydrogen) atoms. The fourth-order valence-electron chi connectivity index (χ4n) is 0.790. The number of hydrogen-bond donors (Lipinski definition) is 3. The van der Waals surface area contributed by atoms with Crippen LogP contribution < -0.4 is 0 Å². The van der Waals surface area contributed by atoms with Crippen LogP contribution in [0.25, 0.3) is 0 Å². The lowest BCUT2D eigenvalue weighted by atomic mass is 10.3. The summed E-state index contributed by atoms with van der Waals surface area (Å²) in [6.07, 6.45) is 0.543. The van der Waals surface area contributed by atoms with Gasteiger partial charge in [-0.1, -0.05) is 0 Å². The maximum absolute atomic E-state index is 8.47. The van der Waals surface area contributed by atoms with Crippen LogP contribution in [0.2, 0.25) is 0 Å². The van der Waals surface area contributed by atoms with Crippen molar-refractivity contribution in [1.29, 1.82) is 0 Å². The highest BCUT2D eigenvalue weighted by molar-refractivity contribution is 4.67. The fourth-order valence-corrected chi connectivity index (χ4v) is 0.790. The van der Waals surface area contributed by atoms with Crippen molar-refractivity contribution in [1.82, 2.24) is 0 Å². The minimum atomic E-state index is -2.56. The van der Waals surface area contributed by atoms with E-state index in [9.17, 15) is 0 Å². The second-order valence-electron chi connectivity index (χ2n) is 2.91. The topological polar surface area (TPSA) is 82.5 Å². The highest BCUT2D eigenvalue weighted by atomic mass is 16.7. The molecule has 0 aromatic carbocycles. The van der Waals surface area contributed by atoms with Crippen LogP contribution in [0.15, 0.2) is 0 Å². The molecule has 5 heteroatoms. The van der Waals surface area contributed by atoms with Gasteiger partial charge < -0.3 is 24.8 Å². The van der Waals surface area contributed by atoms with Gasteiger partial charge in [0.25, 0.3) is 5.97 Å². The van der Waals surface area contributed by atoms with Gasteiger partial charge in [0.15, 0.2) is 0 Å². The summed E-state index contributed by atoms with van der Waals surface area (Å²) in [4.78, 5) is 0. The number of aliphatic hydroxyl groups is 3. The van der Waals surface area contributed by atoms with E-state index in [1.54, 1.807) is 0 Å². The Morgan fingerprint density at radius 2 is 2.08 bits per heavy atom. The summed E-state index contributed by atoms with van der Waals surface area (Å²) in [5.41, 5.74) is 0. The molecule has 0 bridgehead atoms. The first-order chi connectivity index (χ1) is 5.58. The third-order valence-electron chi connectivity index (χ3n) is 1.51. The van der Waals surface area contributed by atoms with Gasteiger partial charge in [0.1, 0.15) is 6.10 Å². The maximum atomic E-state index is 8.47. The van der Waals surface area contributed by atoms with E-state index >= 15 is 0 Å². The van der Waals surface area contributed by atoms with Gasteiger partial charge >= 0.3 is 0 Å². The van der Waals surface area contributed by atoms with Gasteiger partial charge in [-0.15, -0.1) is 0 Å². The predicted octanol–water partition coefficient (Wildman–Crippen LogP) is -1.19. The molecule has 0 spiro atoms. The molecule has 1 atom stereocenters. The standard InChI is InChI=1S/C7H14O5/c8-7(9,10)2-1-3-11-4-6-5-12-6/h6,8-10H,1-5H2. The zero-order valence-electron chi connectivity index (χ0n) is 6.77. The summed E-state index contributed by atoms with van der Waals surface area (Å²) < 4.78 is 9.98. The van der Waals surface area contributed by atoms with Crippen molar-refractivity contribution in [2.24, 2.45) is 0 Å². The van der Waals surface area contributed by atoms with Gasteiger partial charge in [0.2, 0.25) is 0 Å². The van der Waals surface area contributed by atoms with Gasteiger partial charge in [-0.25, -0.2) is 0 Å². The Balaban J connectivity index is 1.82. The van der Waals surface area contributed by atoms with Crippen molar-refractivity contribution in [3.63, 3.8) is 0 Å². The molecule has 0 aromatic rings. The quantitative estimate of drug-likeness (QED) is 0.271. The molecule has 0 saturated carbocycles. The van der Waals surface area contributed by atoms with Crippen LogP contribution in [0.3, 0.4) is 0 Å². The molecule has 1 fully saturated rings. The molecule has 5 nitrogen and oxygen atoms in total. The second-order valence-corrected chi connectivity index (χ2v) is 2.91. The third-order valence-corrected chi connectivity index (χ3v) is 1.51. The van der Waals surface area contributed by atoms with Crippen molar-refractivity contribution in [3.05, 3.63) is 0 Å². The van der Waals surface area contributed by atoms with Gasteiger partial charge in [-0.05, 0) is 6.42 Å². The summed E-state index contributed by atoms with van der Waals surface area (Å²) >= 11 is 0. The molecule has 3 N–H and O–H groups in total. The third kappa shape index (κ3) is 5.45. The van der Waals surface area contributed by atoms with Gasteiger partial charge in [0.05, 0.1) is 13.2 Å². The van der Waals surface area contributed by atoms with Crippen LogP contribution in [0.5, 0.6) is 0 Å². The molecule has 1 rings (SSSR count). The summed E-state index contributed by atoms with van der Waals surface area (Å²) in [6.45, 7) is 1.71. The Bertz CT molecular complexity index is 126. The normalized spacial score (nSPS) is 22.8. The zero-order chi connectivity index (χ0) is 9.03. The molecule has 1 unspecified atom stereocenters. The lowest BCUT2D eigenvalue weighted by molar-refractivity contribution is -0.315. The van der Waals surface area contributed by atoms with Gasteiger partial charge in [-0.3, -0.25) is 0 Å². The molecule has 1 heterocycles. The number of hydrogen-bond acceptors (Lipinski definition) is 5. The van der Waals surface area contributed by atoms with Crippen molar-refractivity contribution in [2.45, 2.75) is 24.9 Å². The average molecular weight is 178 g/mol. The predicted molar refractivity (Wildman–Crippen MR) is 39.2 cm³/mol. The van der Waals surface area contributed by atoms with Crippen LogP contribution in [0.1, 0.15) is 12.8 Å². The molecule has 0 aromatic heterocycles. The van der Waals surface area contributed by atoms with Crippen LogP contribution in [0, 0.1) is 0 Å². The lowest BCUT2D eigenvalue weighted by Crippen LogP contribution is -2.27. The minimum absolute atomic E-state index is 0.0987. The Hall–Kier alpha value is -0.200. The summed E-state index contributed by atoms with van der Waals surface area (Å²) in [5, 5.41) is 25.4. The number of rotatable bonds is 6. The van der Waals surface area contributed by atoms with E-state index in [0.29, 0.717) is 19.6 Å². The van der Waals surface area contributed by atoms with Crippen LogP contribution in [-0.4, -0.2) is 47.2 Å². The molecule has 1 aliphatic heterocycles. The molecule has 72 valence electrons. The van der Waals surface area contributed by atoms with Crippen LogP contribution in [0.4, 0.5) is 0 Å². The van der Waals surface area contributed by atoms with E-state index in [4.69, 9.17) is 24.8 Å². The first-order valence-electron chi connectivity index (χ1n) is 3.94. The van der Waals surface area contributed by atoms with E-state index in [-0.39, 0.29) is 12.5 Å². The lowest BCUT2D eigenvalue weighted by Gasteiger charge is -2.12. The van der Waals surface area contributed by atoms with Gasteiger partial charge in [-0.2, -0.15) is 0 Å². The van der Waals surface area contributed by atoms with E-state index in [2.05, 4.69) is 0 Å². The number of ether oxygens (including phenoxy) is 2. The van der Waals surface area contributed by atoms with Crippen molar-refractivity contribution in [2.75, 3.05) is 19.8 Å². The highest BCUT2D eigenvalue weighted by Crippen LogP contribution is 2.09. The first kappa shape index (κ1) is 9.88. The summed E-state index contributed by atoms with van der Waals surface area (Å²) in [6, 6.07) is 0. The van der Waals surface area contributed by atoms with Crippen LogP contribution >= 0.6 is 0 Å². The Morgan fingerprint density at radius 1 is 1.42 bits per heavy atom. The molecule has 1 aliphatic rings. The average Bonchev–Trinajstić information content (AvgIpc) is 2.68. The van der Waals surface area contributed by atoms with E-state index in [1.165, 1.54) is 0 Å². The molecule has 0 radical (unpaired) electrons. The first-order valence-corrected chi connectivity index (χ1v) is 3.94. The number of epoxide rings is 1. The Morgan fingerprint density at radius 3 is 2.58 bits per heavy atom. The second kappa shape index (κ2) is 4.15. The highest BCUT2D eigenvalue weighted by Gasteiger charge is 2.22.